The number of ether oxygens (including phenoxy) is 1. The number of aromatic nitrogens is 1. The van der Waals surface area contributed by atoms with Gasteiger partial charge >= 0.3 is 5.97 Å². The highest BCUT2D eigenvalue weighted by Gasteiger charge is 2.30. The Kier molecular flexibility index (Phi) is 5.21. The van der Waals surface area contributed by atoms with E-state index in [1.54, 1.807) is 18.3 Å². The summed E-state index contributed by atoms with van der Waals surface area (Å²) in [6, 6.07) is 13.5. The molecule has 1 atom stereocenters. The second-order valence-corrected chi connectivity index (χ2v) is 5.99. The quantitative estimate of drug-likeness (QED) is 0.765. The maximum Gasteiger partial charge on any atom is 0.339 e. The first kappa shape index (κ1) is 16.2. The zero-order valence-electron chi connectivity index (χ0n) is 13.4. The number of carbonyl (C=O) groups is 2. The van der Waals surface area contributed by atoms with E-state index in [0.717, 1.165) is 6.42 Å². The van der Waals surface area contributed by atoms with Crippen molar-refractivity contribution in [3.05, 3.63) is 66.0 Å². The SMILES string of the molecule is O=C(OCC1CC(=O)N(CCc2ccccc2)C1)c1cccnc1. The number of hydrogen-bond acceptors (Lipinski definition) is 4. The minimum absolute atomic E-state index is 0.0638. The normalized spacial score (nSPS) is 17.1. The van der Waals surface area contributed by atoms with Gasteiger partial charge in [0.2, 0.25) is 5.91 Å². The minimum atomic E-state index is -0.390. The molecule has 1 aliphatic rings. The van der Waals surface area contributed by atoms with Gasteiger partial charge in [0, 0.05) is 37.8 Å². The Hall–Kier alpha value is -2.69. The second kappa shape index (κ2) is 7.73. The highest BCUT2D eigenvalue weighted by atomic mass is 16.5. The monoisotopic (exact) mass is 324 g/mol. The highest BCUT2D eigenvalue weighted by molar-refractivity contribution is 5.89. The van der Waals surface area contributed by atoms with Gasteiger partial charge in [0.05, 0.1) is 12.2 Å². The van der Waals surface area contributed by atoms with Gasteiger partial charge < -0.3 is 9.64 Å². The van der Waals surface area contributed by atoms with Crippen LogP contribution in [0.25, 0.3) is 0 Å². The zero-order chi connectivity index (χ0) is 16.8. The van der Waals surface area contributed by atoms with Crippen LogP contribution in [0.5, 0.6) is 0 Å². The zero-order valence-corrected chi connectivity index (χ0v) is 13.4. The van der Waals surface area contributed by atoms with E-state index >= 15 is 0 Å². The topological polar surface area (TPSA) is 59.5 Å². The van der Waals surface area contributed by atoms with Crippen molar-refractivity contribution in [1.82, 2.24) is 9.88 Å². The summed E-state index contributed by atoms with van der Waals surface area (Å²) in [5.74, 6) is -0.194. The standard InChI is InChI=1S/C19H20N2O3/c22-18-11-16(14-24-19(23)17-7-4-9-20-12-17)13-21(18)10-8-15-5-2-1-3-6-15/h1-7,9,12,16H,8,10-11,13-14H2. The van der Waals surface area contributed by atoms with E-state index in [9.17, 15) is 9.59 Å². The smallest absolute Gasteiger partial charge is 0.339 e. The summed E-state index contributed by atoms with van der Waals surface area (Å²) in [7, 11) is 0. The first-order valence-corrected chi connectivity index (χ1v) is 8.11. The summed E-state index contributed by atoms with van der Waals surface area (Å²) in [6.07, 6.45) is 4.37. The van der Waals surface area contributed by atoms with Crippen LogP contribution >= 0.6 is 0 Å². The minimum Gasteiger partial charge on any atom is -0.462 e. The Morgan fingerprint density at radius 2 is 2.04 bits per heavy atom. The Bertz CT molecular complexity index is 688. The van der Waals surface area contributed by atoms with Gasteiger partial charge in [-0.15, -0.1) is 0 Å². The van der Waals surface area contributed by atoms with E-state index in [1.807, 2.05) is 23.1 Å². The van der Waals surface area contributed by atoms with Crippen molar-refractivity contribution >= 4 is 11.9 Å². The molecule has 3 rings (SSSR count). The van der Waals surface area contributed by atoms with E-state index in [1.165, 1.54) is 11.8 Å². The van der Waals surface area contributed by atoms with Crippen molar-refractivity contribution in [3.8, 4) is 0 Å². The lowest BCUT2D eigenvalue weighted by Gasteiger charge is -2.16. The molecule has 24 heavy (non-hydrogen) atoms. The molecule has 0 saturated carbocycles. The van der Waals surface area contributed by atoms with Crippen LogP contribution in [-0.4, -0.2) is 41.5 Å². The molecule has 124 valence electrons. The molecule has 0 spiro atoms. The fourth-order valence-electron chi connectivity index (χ4n) is 2.85. The fraction of sp³-hybridized carbons (Fsp3) is 0.316. The number of amides is 1. The van der Waals surface area contributed by atoms with Crippen LogP contribution in [0.4, 0.5) is 0 Å². The predicted octanol–water partition coefficient (Wildman–Crippen LogP) is 2.33. The number of nitrogens with zero attached hydrogens (tertiary/aromatic N) is 2. The van der Waals surface area contributed by atoms with Crippen molar-refractivity contribution in [2.45, 2.75) is 12.8 Å². The van der Waals surface area contributed by atoms with Crippen molar-refractivity contribution in [2.75, 3.05) is 19.7 Å². The number of benzene rings is 1. The van der Waals surface area contributed by atoms with Crippen molar-refractivity contribution < 1.29 is 14.3 Å². The molecule has 0 bridgehead atoms. The molecular weight excluding hydrogens is 304 g/mol. The molecule has 1 amide bonds. The molecule has 1 aliphatic heterocycles. The summed E-state index contributed by atoms with van der Waals surface area (Å²) in [6.45, 7) is 1.61. The summed E-state index contributed by atoms with van der Waals surface area (Å²) in [5, 5.41) is 0. The van der Waals surface area contributed by atoms with Gasteiger partial charge in [0.1, 0.15) is 0 Å². The lowest BCUT2D eigenvalue weighted by atomic mass is 10.1. The first-order chi connectivity index (χ1) is 11.7. The van der Waals surface area contributed by atoms with E-state index in [4.69, 9.17) is 4.74 Å². The fourth-order valence-corrected chi connectivity index (χ4v) is 2.85. The summed E-state index contributed by atoms with van der Waals surface area (Å²) < 4.78 is 5.31. The van der Waals surface area contributed by atoms with Gasteiger partial charge in [-0.1, -0.05) is 30.3 Å². The van der Waals surface area contributed by atoms with Gasteiger partial charge in [0.25, 0.3) is 0 Å². The van der Waals surface area contributed by atoms with E-state index in [-0.39, 0.29) is 18.4 Å². The Morgan fingerprint density at radius 1 is 1.21 bits per heavy atom. The number of carbonyl (C=O) groups excluding carboxylic acids is 2. The molecule has 1 aromatic heterocycles. The van der Waals surface area contributed by atoms with Crippen LogP contribution in [0.3, 0.4) is 0 Å². The average Bonchev–Trinajstić information content (AvgIpc) is 2.99. The molecular formula is C19H20N2O3. The molecule has 1 unspecified atom stereocenters. The van der Waals surface area contributed by atoms with Gasteiger partial charge in [-0.25, -0.2) is 4.79 Å². The van der Waals surface area contributed by atoms with Crippen LogP contribution in [-0.2, 0) is 16.0 Å². The Labute approximate surface area is 141 Å². The molecule has 1 saturated heterocycles. The first-order valence-electron chi connectivity index (χ1n) is 8.11. The van der Waals surface area contributed by atoms with Gasteiger partial charge in [-0.05, 0) is 24.1 Å². The number of esters is 1. The second-order valence-electron chi connectivity index (χ2n) is 5.99. The third-order valence-electron chi connectivity index (χ3n) is 4.16. The predicted molar refractivity (Wildman–Crippen MR) is 89.4 cm³/mol. The van der Waals surface area contributed by atoms with Gasteiger partial charge in [-0.2, -0.15) is 0 Å². The summed E-state index contributed by atoms with van der Waals surface area (Å²) in [5.41, 5.74) is 1.65. The molecule has 2 heterocycles. The lowest BCUT2D eigenvalue weighted by molar-refractivity contribution is -0.127. The van der Waals surface area contributed by atoms with Crippen molar-refractivity contribution in [3.63, 3.8) is 0 Å². The third-order valence-corrected chi connectivity index (χ3v) is 4.16. The number of rotatable bonds is 6. The molecule has 0 aliphatic carbocycles. The van der Waals surface area contributed by atoms with Crippen LogP contribution in [0.1, 0.15) is 22.3 Å². The molecule has 1 aromatic carbocycles. The van der Waals surface area contributed by atoms with E-state index < -0.39 is 5.97 Å². The molecule has 5 nitrogen and oxygen atoms in total. The third kappa shape index (κ3) is 4.19. The van der Waals surface area contributed by atoms with Crippen molar-refractivity contribution in [1.29, 1.82) is 0 Å². The maximum atomic E-state index is 12.1. The Morgan fingerprint density at radius 3 is 2.79 bits per heavy atom. The molecule has 2 aromatic rings. The molecule has 5 heteroatoms. The molecule has 0 radical (unpaired) electrons. The molecule has 0 N–H and O–H groups in total. The van der Waals surface area contributed by atoms with Gasteiger partial charge in [0.15, 0.2) is 0 Å². The largest absolute Gasteiger partial charge is 0.462 e. The summed E-state index contributed by atoms with van der Waals surface area (Å²) in [4.78, 5) is 29.8. The number of likely N-dealkylation sites (tertiary alicyclic amines) is 1. The summed E-state index contributed by atoms with van der Waals surface area (Å²) >= 11 is 0. The number of hydrogen-bond donors (Lipinski definition) is 0. The highest BCUT2D eigenvalue weighted by Crippen LogP contribution is 2.19. The van der Waals surface area contributed by atoms with Crippen LogP contribution < -0.4 is 0 Å². The van der Waals surface area contributed by atoms with Gasteiger partial charge in [-0.3, -0.25) is 9.78 Å². The van der Waals surface area contributed by atoms with E-state index in [0.29, 0.717) is 25.1 Å². The van der Waals surface area contributed by atoms with Crippen LogP contribution in [0.2, 0.25) is 0 Å². The van der Waals surface area contributed by atoms with Crippen LogP contribution in [0, 0.1) is 5.92 Å². The van der Waals surface area contributed by atoms with Crippen LogP contribution in [0.15, 0.2) is 54.9 Å². The van der Waals surface area contributed by atoms with E-state index in [2.05, 4.69) is 17.1 Å². The van der Waals surface area contributed by atoms with Crippen molar-refractivity contribution in [2.24, 2.45) is 5.92 Å². The number of pyridine rings is 1. The lowest BCUT2D eigenvalue weighted by Crippen LogP contribution is -2.28. The maximum absolute atomic E-state index is 12.1. The Balaban J connectivity index is 1.45. The molecule has 1 fully saturated rings. The average molecular weight is 324 g/mol.